The zero-order chi connectivity index (χ0) is 15.8. The second kappa shape index (κ2) is 5.45. The molecule has 1 aromatic carbocycles. The molecule has 9 heteroatoms. The fourth-order valence-electron chi connectivity index (χ4n) is 1.63. The number of hydrogen-bond acceptors (Lipinski definition) is 6. The van der Waals surface area contributed by atoms with E-state index in [0.717, 1.165) is 0 Å². The number of aromatic nitrogens is 3. The Hall–Kier alpha value is -1.93. The predicted octanol–water partition coefficient (Wildman–Crippen LogP) is 1.83. The number of sulfonamides is 1. The van der Waals surface area contributed by atoms with E-state index in [1.165, 1.54) is 12.1 Å². The van der Waals surface area contributed by atoms with Crippen LogP contribution in [0.1, 0.15) is 17.0 Å². The lowest BCUT2D eigenvalue weighted by Crippen LogP contribution is -2.18. The van der Waals surface area contributed by atoms with Crippen LogP contribution in [0.4, 0.5) is 11.6 Å². The van der Waals surface area contributed by atoms with Gasteiger partial charge in [0.1, 0.15) is 0 Å². The van der Waals surface area contributed by atoms with E-state index in [-0.39, 0.29) is 15.9 Å². The van der Waals surface area contributed by atoms with Gasteiger partial charge >= 0.3 is 0 Å². The molecule has 0 unspecified atom stereocenters. The van der Waals surface area contributed by atoms with Crippen molar-refractivity contribution in [3.05, 3.63) is 34.1 Å². The summed E-state index contributed by atoms with van der Waals surface area (Å²) in [6, 6.07) is 2.81. The minimum atomic E-state index is -3.90. The predicted molar refractivity (Wildman–Crippen MR) is 80.7 cm³/mol. The highest BCUT2D eigenvalue weighted by Gasteiger charge is 2.21. The maximum absolute atomic E-state index is 12.4. The van der Waals surface area contributed by atoms with E-state index in [9.17, 15) is 8.42 Å². The number of nitrogens with two attached hydrogens (primary N) is 1. The summed E-state index contributed by atoms with van der Waals surface area (Å²) < 4.78 is 27.1. The first-order valence-electron chi connectivity index (χ1n) is 5.97. The molecule has 0 amide bonds. The first kappa shape index (κ1) is 15.5. The third-order valence-electron chi connectivity index (χ3n) is 2.97. The van der Waals surface area contributed by atoms with E-state index in [4.69, 9.17) is 17.3 Å². The number of rotatable bonds is 3. The van der Waals surface area contributed by atoms with Crippen molar-refractivity contribution in [2.45, 2.75) is 25.7 Å². The molecule has 0 atom stereocenters. The first-order valence-corrected chi connectivity index (χ1v) is 7.83. The van der Waals surface area contributed by atoms with E-state index in [1.807, 2.05) is 0 Å². The fourth-order valence-corrected chi connectivity index (χ4v) is 3.16. The minimum Gasteiger partial charge on any atom is -0.398 e. The van der Waals surface area contributed by atoms with E-state index in [0.29, 0.717) is 22.6 Å². The van der Waals surface area contributed by atoms with Crippen LogP contribution in [0.5, 0.6) is 0 Å². The summed E-state index contributed by atoms with van der Waals surface area (Å²) in [4.78, 5) is 4.01. The molecule has 0 fully saturated rings. The van der Waals surface area contributed by atoms with Crippen LogP contribution < -0.4 is 10.5 Å². The van der Waals surface area contributed by atoms with E-state index < -0.39 is 10.0 Å². The Morgan fingerprint density at radius 1 is 1.14 bits per heavy atom. The van der Waals surface area contributed by atoms with E-state index >= 15 is 0 Å². The van der Waals surface area contributed by atoms with Crippen molar-refractivity contribution in [3.8, 4) is 0 Å². The second-order valence-electron chi connectivity index (χ2n) is 4.53. The monoisotopic (exact) mass is 327 g/mol. The van der Waals surface area contributed by atoms with Crippen LogP contribution in [-0.2, 0) is 10.0 Å². The number of hydrogen-bond donors (Lipinski definition) is 2. The van der Waals surface area contributed by atoms with Crippen LogP contribution in [0.3, 0.4) is 0 Å². The summed E-state index contributed by atoms with van der Waals surface area (Å²) >= 11 is 5.86. The number of benzene rings is 1. The normalized spacial score (nSPS) is 11.4. The van der Waals surface area contributed by atoms with Crippen molar-refractivity contribution in [1.29, 1.82) is 0 Å². The number of aryl methyl sites for hydroxylation is 2. The Morgan fingerprint density at radius 2 is 1.81 bits per heavy atom. The van der Waals surface area contributed by atoms with E-state index in [2.05, 4.69) is 19.9 Å². The molecular formula is C12H14ClN5O2S. The van der Waals surface area contributed by atoms with Crippen molar-refractivity contribution in [1.82, 2.24) is 15.2 Å². The highest BCUT2D eigenvalue weighted by molar-refractivity contribution is 7.92. The third kappa shape index (κ3) is 3.22. The van der Waals surface area contributed by atoms with Crippen LogP contribution in [0.15, 0.2) is 17.0 Å². The highest BCUT2D eigenvalue weighted by Crippen LogP contribution is 2.26. The van der Waals surface area contributed by atoms with Gasteiger partial charge in [0.15, 0.2) is 0 Å². The molecule has 112 valence electrons. The average Bonchev–Trinajstić information content (AvgIpc) is 2.37. The summed E-state index contributed by atoms with van der Waals surface area (Å²) in [7, 11) is -3.90. The SMILES string of the molecule is Cc1nnc(NS(=O)(=O)c2cc(Cl)cc(N)c2C)nc1C. The molecular weight excluding hydrogens is 314 g/mol. The van der Waals surface area contributed by atoms with Gasteiger partial charge in [-0.3, -0.25) is 0 Å². The van der Waals surface area contributed by atoms with Crippen LogP contribution in [0.25, 0.3) is 0 Å². The number of halogens is 1. The number of nitrogens with zero attached hydrogens (tertiary/aromatic N) is 3. The van der Waals surface area contributed by atoms with Crippen LogP contribution in [0, 0.1) is 20.8 Å². The lowest BCUT2D eigenvalue weighted by molar-refractivity contribution is 0.600. The Labute approximate surface area is 127 Å². The third-order valence-corrected chi connectivity index (χ3v) is 4.64. The van der Waals surface area contributed by atoms with Gasteiger partial charge in [0.05, 0.1) is 16.3 Å². The molecule has 2 aromatic rings. The molecule has 1 heterocycles. The van der Waals surface area contributed by atoms with Crippen LogP contribution in [-0.4, -0.2) is 23.6 Å². The van der Waals surface area contributed by atoms with Gasteiger partial charge in [-0.25, -0.2) is 18.1 Å². The second-order valence-corrected chi connectivity index (χ2v) is 6.62. The lowest BCUT2D eigenvalue weighted by atomic mass is 10.2. The molecule has 0 saturated carbocycles. The Kier molecular flexibility index (Phi) is 4.02. The van der Waals surface area contributed by atoms with E-state index in [1.54, 1.807) is 20.8 Å². The van der Waals surface area contributed by atoms with Gasteiger partial charge in [-0.05, 0) is 38.5 Å². The molecule has 1 aromatic heterocycles. The van der Waals surface area contributed by atoms with Gasteiger partial charge in [0.2, 0.25) is 0 Å². The van der Waals surface area contributed by atoms with Gasteiger partial charge in [-0.1, -0.05) is 11.6 Å². The molecule has 0 aliphatic heterocycles. The van der Waals surface area contributed by atoms with Crippen molar-refractivity contribution >= 4 is 33.3 Å². The molecule has 0 aliphatic carbocycles. The molecule has 0 radical (unpaired) electrons. The van der Waals surface area contributed by atoms with Gasteiger partial charge in [-0.2, -0.15) is 5.10 Å². The number of nitrogen functional groups attached to an aromatic ring is 1. The Bertz CT molecular complexity index is 808. The molecule has 2 rings (SSSR count). The molecule has 7 nitrogen and oxygen atoms in total. The average molecular weight is 328 g/mol. The maximum atomic E-state index is 12.4. The van der Waals surface area contributed by atoms with Crippen molar-refractivity contribution < 1.29 is 8.42 Å². The summed E-state index contributed by atoms with van der Waals surface area (Å²) in [5.41, 5.74) is 7.65. The summed E-state index contributed by atoms with van der Waals surface area (Å²) in [5.74, 6) is -0.101. The first-order chi connectivity index (χ1) is 9.70. The topological polar surface area (TPSA) is 111 Å². The zero-order valence-corrected chi connectivity index (χ0v) is 13.2. The summed E-state index contributed by atoms with van der Waals surface area (Å²) in [6.07, 6.45) is 0. The quantitative estimate of drug-likeness (QED) is 0.832. The largest absolute Gasteiger partial charge is 0.398 e. The van der Waals surface area contributed by atoms with Gasteiger partial charge in [0.25, 0.3) is 16.0 Å². The van der Waals surface area contributed by atoms with Crippen molar-refractivity contribution in [3.63, 3.8) is 0 Å². The number of anilines is 2. The highest BCUT2D eigenvalue weighted by atomic mass is 35.5. The molecule has 3 N–H and O–H groups in total. The lowest BCUT2D eigenvalue weighted by Gasteiger charge is -2.11. The minimum absolute atomic E-state index is 0.0191. The Morgan fingerprint density at radius 3 is 2.43 bits per heavy atom. The molecule has 0 spiro atoms. The van der Waals surface area contributed by atoms with Crippen molar-refractivity contribution in [2.75, 3.05) is 10.5 Å². The molecule has 21 heavy (non-hydrogen) atoms. The molecule has 0 saturated heterocycles. The standard InChI is InChI=1S/C12H14ClN5O2S/c1-6-10(14)4-9(13)5-11(6)21(19,20)18-12-15-7(2)8(3)16-17-12/h4-5H,14H2,1-3H3,(H,15,17,18). The Balaban J connectivity index is 2.45. The summed E-state index contributed by atoms with van der Waals surface area (Å²) in [6.45, 7) is 5.04. The van der Waals surface area contributed by atoms with Gasteiger partial charge in [-0.15, -0.1) is 5.10 Å². The van der Waals surface area contributed by atoms with Gasteiger partial charge in [0, 0.05) is 10.7 Å². The van der Waals surface area contributed by atoms with Crippen LogP contribution in [0.2, 0.25) is 5.02 Å². The van der Waals surface area contributed by atoms with Gasteiger partial charge < -0.3 is 5.73 Å². The zero-order valence-electron chi connectivity index (χ0n) is 11.7. The number of nitrogens with one attached hydrogen (secondary N) is 1. The summed E-state index contributed by atoms with van der Waals surface area (Å²) in [5, 5.41) is 7.77. The smallest absolute Gasteiger partial charge is 0.264 e. The van der Waals surface area contributed by atoms with Crippen LogP contribution >= 0.6 is 11.6 Å². The maximum Gasteiger partial charge on any atom is 0.264 e. The van der Waals surface area contributed by atoms with Crippen molar-refractivity contribution in [2.24, 2.45) is 0 Å². The molecule has 0 aliphatic rings. The fraction of sp³-hybridized carbons (Fsp3) is 0.250. The molecule has 0 bridgehead atoms.